The third-order valence-electron chi connectivity index (χ3n) is 4.75. The van der Waals surface area contributed by atoms with Gasteiger partial charge in [0.05, 0.1) is 6.20 Å². The zero-order chi connectivity index (χ0) is 14.2. The van der Waals surface area contributed by atoms with Gasteiger partial charge in [-0.3, -0.25) is 4.68 Å². The molecule has 0 fully saturated rings. The van der Waals surface area contributed by atoms with Gasteiger partial charge in [-0.25, -0.2) is 0 Å². The zero-order valence-corrected chi connectivity index (χ0v) is 13.2. The lowest BCUT2D eigenvalue weighted by molar-refractivity contribution is 0.412. The van der Waals surface area contributed by atoms with Crippen molar-refractivity contribution in [1.82, 2.24) is 15.1 Å². The molecule has 0 saturated heterocycles. The van der Waals surface area contributed by atoms with Crippen molar-refractivity contribution in [3.63, 3.8) is 0 Å². The Hall–Kier alpha value is -1.26. The fourth-order valence-corrected chi connectivity index (χ4v) is 4.75. The van der Waals surface area contributed by atoms with Gasteiger partial charge in [-0.1, -0.05) is 24.3 Å². The lowest BCUT2D eigenvalue weighted by atomic mass is 9.91. The second-order valence-corrected chi connectivity index (χ2v) is 7.08. The fourth-order valence-electron chi connectivity index (χ4n) is 3.64. The molecule has 2 aliphatic rings. The minimum atomic E-state index is 0.458. The van der Waals surface area contributed by atoms with Crippen molar-refractivity contribution in [2.75, 3.05) is 5.75 Å². The first-order chi connectivity index (χ1) is 10.3. The van der Waals surface area contributed by atoms with Gasteiger partial charge in [-0.05, 0) is 30.4 Å². The number of fused-ring (bicyclic) bond motifs is 2. The molecule has 0 saturated carbocycles. The molecule has 2 heterocycles. The van der Waals surface area contributed by atoms with Crippen molar-refractivity contribution in [3.05, 3.63) is 52.8 Å². The lowest BCUT2D eigenvalue weighted by Crippen LogP contribution is -2.32. The van der Waals surface area contributed by atoms with Gasteiger partial charge >= 0.3 is 0 Å². The third kappa shape index (κ3) is 2.40. The van der Waals surface area contributed by atoms with E-state index in [0.717, 1.165) is 5.75 Å². The second kappa shape index (κ2) is 5.50. The van der Waals surface area contributed by atoms with E-state index in [-0.39, 0.29) is 0 Å². The van der Waals surface area contributed by atoms with Gasteiger partial charge in [0.1, 0.15) is 0 Å². The van der Waals surface area contributed by atoms with Crippen LogP contribution in [0.4, 0.5) is 0 Å². The maximum Gasteiger partial charge on any atom is 0.0540 e. The van der Waals surface area contributed by atoms with Gasteiger partial charge in [0.2, 0.25) is 0 Å². The van der Waals surface area contributed by atoms with Crippen LogP contribution in [0.1, 0.15) is 47.3 Å². The normalized spacial score (nSPS) is 24.4. The first kappa shape index (κ1) is 13.4. The molecule has 1 N–H and O–H groups in total. The number of rotatable bonds is 2. The molecule has 21 heavy (non-hydrogen) atoms. The summed E-state index contributed by atoms with van der Waals surface area (Å²) in [6.07, 6.45) is 5.71. The Kier molecular flexibility index (Phi) is 3.51. The zero-order valence-electron chi connectivity index (χ0n) is 12.4. The van der Waals surface area contributed by atoms with E-state index in [1.807, 2.05) is 16.4 Å². The molecule has 110 valence electrons. The summed E-state index contributed by atoms with van der Waals surface area (Å²) in [5.74, 6) is 2.32. The number of benzene rings is 1. The summed E-state index contributed by atoms with van der Waals surface area (Å²) in [5.41, 5.74) is 5.81. The molecule has 0 radical (unpaired) electrons. The van der Waals surface area contributed by atoms with E-state index in [1.165, 1.54) is 47.4 Å². The number of hydrogen-bond donors (Lipinski definition) is 1. The van der Waals surface area contributed by atoms with Crippen molar-refractivity contribution < 1.29 is 0 Å². The monoisotopic (exact) mass is 299 g/mol. The average Bonchev–Trinajstić information content (AvgIpc) is 2.90. The molecule has 4 rings (SSSR count). The van der Waals surface area contributed by atoms with E-state index >= 15 is 0 Å². The van der Waals surface area contributed by atoms with E-state index in [0.29, 0.717) is 12.1 Å². The molecule has 2 unspecified atom stereocenters. The predicted octanol–water partition coefficient (Wildman–Crippen LogP) is 3.38. The van der Waals surface area contributed by atoms with Crippen LogP contribution in [-0.4, -0.2) is 15.5 Å². The number of aryl methyl sites for hydroxylation is 1. The van der Waals surface area contributed by atoms with Crippen LogP contribution in [0.5, 0.6) is 0 Å². The summed E-state index contributed by atoms with van der Waals surface area (Å²) in [4.78, 5) is 0. The number of nitrogens with one attached hydrogen (secondary N) is 1. The number of aromatic nitrogens is 2. The molecule has 1 aromatic carbocycles. The third-order valence-corrected chi connectivity index (χ3v) is 5.83. The molecule has 2 aromatic rings. The van der Waals surface area contributed by atoms with Crippen LogP contribution in [0.2, 0.25) is 0 Å². The molecular weight excluding hydrogens is 278 g/mol. The lowest BCUT2D eigenvalue weighted by Gasteiger charge is -2.32. The van der Waals surface area contributed by atoms with Crippen molar-refractivity contribution in [3.8, 4) is 0 Å². The van der Waals surface area contributed by atoms with Crippen LogP contribution in [0, 0.1) is 0 Å². The average molecular weight is 299 g/mol. The molecule has 1 aliphatic heterocycles. The fraction of sp³-hybridized carbons (Fsp3) is 0.471. The number of hydrogen-bond acceptors (Lipinski definition) is 3. The first-order valence-electron chi connectivity index (χ1n) is 7.75. The van der Waals surface area contributed by atoms with E-state index < -0.39 is 0 Å². The summed E-state index contributed by atoms with van der Waals surface area (Å²) < 4.78 is 2.05. The smallest absolute Gasteiger partial charge is 0.0540 e. The Balaban J connectivity index is 1.61. The van der Waals surface area contributed by atoms with Crippen LogP contribution in [0.3, 0.4) is 0 Å². The molecule has 1 aliphatic carbocycles. The molecule has 3 nitrogen and oxygen atoms in total. The van der Waals surface area contributed by atoms with Crippen LogP contribution in [-0.2, 0) is 19.2 Å². The van der Waals surface area contributed by atoms with Crippen molar-refractivity contribution in [2.45, 2.75) is 37.1 Å². The van der Waals surface area contributed by atoms with E-state index in [4.69, 9.17) is 0 Å². The number of nitrogens with zero attached hydrogens (tertiary/aromatic N) is 2. The molecule has 0 amide bonds. The highest BCUT2D eigenvalue weighted by molar-refractivity contribution is 7.98. The van der Waals surface area contributed by atoms with Gasteiger partial charge in [0, 0.05) is 41.9 Å². The Morgan fingerprint density at radius 1 is 1.24 bits per heavy atom. The first-order valence-corrected chi connectivity index (χ1v) is 8.91. The molecule has 4 heteroatoms. The Labute approximate surface area is 130 Å². The largest absolute Gasteiger partial charge is 0.302 e. The van der Waals surface area contributed by atoms with Gasteiger partial charge in [-0.15, -0.1) is 0 Å². The predicted molar refractivity (Wildman–Crippen MR) is 87.4 cm³/mol. The maximum absolute atomic E-state index is 4.46. The van der Waals surface area contributed by atoms with Crippen molar-refractivity contribution in [1.29, 1.82) is 0 Å². The molecule has 2 atom stereocenters. The Bertz CT molecular complexity index is 649. The Morgan fingerprint density at radius 2 is 2.14 bits per heavy atom. The molecule has 0 bridgehead atoms. The quantitative estimate of drug-likeness (QED) is 0.922. The summed E-state index contributed by atoms with van der Waals surface area (Å²) in [6, 6.07) is 9.81. The van der Waals surface area contributed by atoms with Gasteiger partial charge in [0.15, 0.2) is 0 Å². The summed E-state index contributed by atoms with van der Waals surface area (Å²) in [6.45, 7) is 0. The van der Waals surface area contributed by atoms with Gasteiger partial charge in [-0.2, -0.15) is 16.9 Å². The molecular formula is C17H21N3S. The summed E-state index contributed by atoms with van der Waals surface area (Å²) in [5, 5.41) is 8.37. The van der Waals surface area contributed by atoms with Crippen LogP contribution in [0.15, 0.2) is 30.5 Å². The highest BCUT2D eigenvalue weighted by Crippen LogP contribution is 2.36. The summed E-state index contributed by atoms with van der Waals surface area (Å²) in [7, 11) is 2.06. The highest BCUT2D eigenvalue weighted by atomic mass is 32.2. The molecule has 1 aromatic heterocycles. The maximum atomic E-state index is 4.46. The van der Waals surface area contributed by atoms with E-state index in [9.17, 15) is 0 Å². The highest BCUT2D eigenvalue weighted by Gasteiger charge is 2.28. The SMILES string of the molecule is Cn1ncc2c1CCCC2NC1CSCc2ccccc21. The van der Waals surface area contributed by atoms with Crippen molar-refractivity contribution >= 4 is 11.8 Å². The van der Waals surface area contributed by atoms with Crippen LogP contribution < -0.4 is 5.32 Å². The van der Waals surface area contributed by atoms with Gasteiger partial charge in [0.25, 0.3) is 0 Å². The Morgan fingerprint density at radius 3 is 3.10 bits per heavy atom. The van der Waals surface area contributed by atoms with Crippen molar-refractivity contribution in [2.24, 2.45) is 7.05 Å². The van der Waals surface area contributed by atoms with Gasteiger partial charge < -0.3 is 5.32 Å². The minimum Gasteiger partial charge on any atom is -0.302 e. The number of thioether (sulfide) groups is 1. The van der Waals surface area contributed by atoms with Crippen LogP contribution >= 0.6 is 11.8 Å². The van der Waals surface area contributed by atoms with Crippen LogP contribution in [0.25, 0.3) is 0 Å². The van der Waals surface area contributed by atoms with E-state index in [2.05, 4.69) is 47.9 Å². The minimum absolute atomic E-state index is 0.458. The second-order valence-electron chi connectivity index (χ2n) is 6.05. The molecule has 0 spiro atoms. The van der Waals surface area contributed by atoms with E-state index in [1.54, 1.807) is 0 Å². The standard InChI is InChI=1S/C17H21N3S/c1-20-17-8-4-7-15(14(17)9-18-20)19-16-11-21-10-12-5-2-3-6-13(12)16/h2-3,5-6,9,15-16,19H,4,7-8,10-11H2,1H3. The summed E-state index contributed by atoms with van der Waals surface area (Å²) >= 11 is 2.04. The topological polar surface area (TPSA) is 29.9 Å².